The number of aromatic nitrogens is 1. The summed E-state index contributed by atoms with van der Waals surface area (Å²) in [5.41, 5.74) is 1.76. The van der Waals surface area contributed by atoms with Gasteiger partial charge in [0.2, 0.25) is 0 Å². The molecular formula is C13H15ClN2O2. The van der Waals surface area contributed by atoms with E-state index in [-0.39, 0.29) is 11.3 Å². The largest absolute Gasteiger partial charge is 0.428 e. The van der Waals surface area contributed by atoms with Crippen LogP contribution in [0.25, 0.3) is 11.1 Å². The monoisotopic (exact) mass is 266 g/mol. The predicted molar refractivity (Wildman–Crippen MR) is 70.9 cm³/mol. The van der Waals surface area contributed by atoms with Crippen LogP contribution in [0, 0.1) is 0 Å². The van der Waals surface area contributed by atoms with Crippen LogP contribution in [0.4, 0.5) is 0 Å². The summed E-state index contributed by atoms with van der Waals surface area (Å²) in [6.45, 7) is 2.83. The van der Waals surface area contributed by atoms with Crippen LogP contribution >= 0.6 is 11.6 Å². The van der Waals surface area contributed by atoms with Crippen LogP contribution in [0.2, 0.25) is 5.35 Å². The average Bonchev–Trinajstić information content (AvgIpc) is 2.73. The molecule has 0 radical (unpaired) electrons. The highest BCUT2D eigenvalue weighted by Gasteiger charge is 2.09. The first-order valence-corrected chi connectivity index (χ1v) is 6.43. The summed E-state index contributed by atoms with van der Waals surface area (Å²) < 4.78 is 5.14. The number of nitrogens with zero attached hydrogens (tertiary/aromatic N) is 1. The topological polar surface area (TPSA) is 55.1 Å². The number of fused-ring (bicyclic) bond motifs is 1. The van der Waals surface area contributed by atoms with E-state index >= 15 is 0 Å². The Hall–Kier alpha value is -1.55. The van der Waals surface area contributed by atoms with Gasteiger partial charge in [-0.3, -0.25) is 4.79 Å². The van der Waals surface area contributed by atoms with Gasteiger partial charge in [-0.15, -0.1) is 0 Å². The van der Waals surface area contributed by atoms with Gasteiger partial charge in [0.05, 0.1) is 0 Å². The van der Waals surface area contributed by atoms with E-state index in [4.69, 9.17) is 16.0 Å². The lowest BCUT2D eigenvalue weighted by atomic mass is 10.2. The molecule has 1 heterocycles. The molecule has 0 aliphatic rings. The number of amides is 1. The molecule has 2 rings (SSSR count). The lowest BCUT2D eigenvalue weighted by molar-refractivity contribution is 0.0953. The van der Waals surface area contributed by atoms with Gasteiger partial charge in [0, 0.05) is 12.1 Å². The van der Waals surface area contributed by atoms with Crippen LogP contribution in [0.15, 0.2) is 22.6 Å². The number of benzene rings is 1. The Morgan fingerprint density at radius 2 is 2.28 bits per heavy atom. The molecule has 0 spiro atoms. The normalized spacial score (nSPS) is 10.8. The molecule has 2 aromatic rings. The van der Waals surface area contributed by atoms with Crippen molar-refractivity contribution >= 4 is 28.6 Å². The first-order chi connectivity index (χ1) is 8.70. The van der Waals surface area contributed by atoms with Crippen molar-refractivity contribution in [2.24, 2.45) is 0 Å². The summed E-state index contributed by atoms with van der Waals surface area (Å²) in [5.74, 6) is -0.0906. The second kappa shape index (κ2) is 5.87. The van der Waals surface area contributed by atoms with Gasteiger partial charge in [-0.2, -0.15) is 4.98 Å². The zero-order chi connectivity index (χ0) is 13.0. The fraction of sp³-hybridized carbons (Fsp3) is 0.385. The first kappa shape index (κ1) is 12.9. The van der Waals surface area contributed by atoms with Crippen LogP contribution in [0.1, 0.15) is 36.5 Å². The van der Waals surface area contributed by atoms with Gasteiger partial charge in [0.25, 0.3) is 11.3 Å². The Bertz CT molecular complexity index is 551. The molecule has 5 heteroatoms. The smallest absolute Gasteiger partial charge is 0.293 e. The van der Waals surface area contributed by atoms with Gasteiger partial charge in [-0.05, 0) is 36.2 Å². The van der Waals surface area contributed by atoms with E-state index in [1.165, 1.54) is 0 Å². The number of carbonyl (C=O) groups excluding carboxylic acids is 1. The SMILES string of the molecule is CCCCCNC(=O)c1ccc2oc(Cl)nc2c1. The Balaban J connectivity index is 2.03. The molecule has 1 aromatic heterocycles. The van der Waals surface area contributed by atoms with Crippen LogP contribution in [-0.2, 0) is 0 Å². The van der Waals surface area contributed by atoms with E-state index in [9.17, 15) is 4.79 Å². The van der Waals surface area contributed by atoms with E-state index < -0.39 is 0 Å². The summed E-state index contributed by atoms with van der Waals surface area (Å²) in [5, 5.41) is 2.96. The van der Waals surface area contributed by atoms with E-state index in [2.05, 4.69) is 17.2 Å². The third-order valence-electron chi connectivity index (χ3n) is 2.69. The van der Waals surface area contributed by atoms with E-state index in [0.717, 1.165) is 19.3 Å². The number of nitrogens with one attached hydrogen (secondary N) is 1. The van der Waals surface area contributed by atoms with Gasteiger partial charge in [0.1, 0.15) is 5.52 Å². The molecule has 0 fully saturated rings. The number of oxazole rings is 1. The molecule has 1 N–H and O–H groups in total. The summed E-state index contributed by atoms with van der Waals surface area (Å²) in [6, 6.07) is 5.09. The van der Waals surface area contributed by atoms with Crippen LogP contribution in [-0.4, -0.2) is 17.4 Å². The molecule has 0 aliphatic heterocycles. The molecule has 1 aromatic carbocycles. The molecule has 1 amide bonds. The van der Waals surface area contributed by atoms with Crippen molar-refractivity contribution in [3.05, 3.63) is 29.1 Å². The minimum atomic E-state index is -0.0906. The number of halogens is 1. The summed E-state index contributed by atoms with van der Waals surface area (Å²) in [7, 11) is 0. The summed E-state index contributed by atoms with van der Waals surface area (Å²) in [4.78, 5) is 15.8. The average molecular weight is 267 g/mol. The maximum absolute atomic E-state index is 11.9. The van der Waals surface area contributed by atoms with Gasteiger partial charge >= 0.3 is 0 Å². The van der Waals surface area contributed by atoms with Gasteiger partial charge in [-0.1, -0.05) is 19.8 Å². The highest BCUT2D eigenvalue weighted by atomic mass is 35.5. The quantitative estimate of drug-likeness (QED) is 0.844. The number of hydrogen-bond acceptors (Lipinski definition) is 3. The highest BCUT2D eigenvalue weighted by molar-refractivity contribution is 6.28. The van der Waals surface area contributed by atoms with Crippen molar-refractivity contribution in [1.29, 1.82) is 0 Å². The highest BCUT2D eigenvalue weighted by Crippen LogP contribution is 2.19. The Morgan fingerprint density at radius 1 is 1.44 bits per heavy atom. The van der Waals surface area contributed by atoms with E-state index in [1.807, 2.05) is 0 Å². The third-order valence-corrected chi connectivity index (χ3v) is 2.85. The van der Waals surface area contributed by atoms with Crippen molar-refractivity contribution in [2.75, 3.05) is 6.54 Å². The molecule has 0 atom stereocenters. The molecule has 18 heavy (non-hydrogen) atoms. The van der Waals surface area contributed by atoms with Crippen molar-refractivity contribution in [3.63, 3.8) is 0 Å². The molecule has 4 nitrogen and oxygen atoms in total. The van der Waals surface area contributed by atoms with Crippen LogP contribution in [0.5, 0.6) is 0 Å². The third kappa shape index (κ3) is 3.01. The van der Waals surface area contributed by atoms with Gasteiger partial charge in [0.15, 0.2) is 5.58 Å². The number of hydrogen-bond donors (Lipinski definition) is 1. The van der Waals surface area contributed by atoms with Crippen molar-refractivity contribution in [3.8, 4) is 0 Å². The number of carbonyl (C=O) groups is 1. The van der Waals surface area contributed by atoms with Gasteiger partial charge in [-0.25, -0.2) is 0 Å². The molecule has 0 unspecified atom stereocenters. The van der Waals surface area contributed by atoms with Crippen molar-refractivity contribution in [1.82, 2.24) is 10.3 Å². The number of rotatable bonds is 5. The van der Waals surface area contributed by atoms with Crippen molar-refractivity contribution < 1.29 is 9.21 Å². The molecular weight excluding hydrogens is 252 g/mol. The molecule has 96 valence electrons. The van der Waals surface area contributed by atoms with Gasteiger partial charge < -0.3 is 9.73 Å². The zero-order valence-corrected chi connectivity index (χ0v) is 11.0. The fourth-order valence-electron chi connectivity index (χ4n) is 1.72. The summed E-state index contributed by atoms with van der Waals surface area (Å²) in [6.07, 6.45) is 3.26. The Kier molecular flexibility index (Phi) is 4.20. The van der Waals surface area contributed by atoms with E-state index in [0.29, 0.717) is 23.2 Å². The molecule has 0 bridgehead atoms. The minimum absolute atomic E-state index is 0.0884. The zero-order valence-electron chi connectivity index (χ0n) is 10.2. The predicted octanol–water partition coefficient (Wildman–Crippen LogP) is 3.40. The van der Waals surface area contributed by atoms with E-state index in [1.54, 1.807) is 18.2 Å². The minimum Gasteiger partial charge on any atom is -0.428 e. The maximum Gasteiger partial charge on any atom is 0.293 e. The van der Waals surface area contributed by atoms with Crippen LogP contribution < -0.4 is 5.32 Å². The lowest BCUT2D eigenvalue weighted by Gasteiger charge is -2.04. The maximum atomic E-state index is 11.9. The van der Waals surface area contributed by atoms with Crippen LogP contribution in [0.3, 0.4) is 0 Å². The number of unbranched alkanes of at least 4 members (excludes halogenated alkanes) is 2. The second-order valence-corrected chi connectivity index (χ2v) is 4.44. The Labute approximate surface area is 110 Å². The Morgan fingerprint density at radius 3 is 3.06 bits per heavy atom. The second-order valence-electron chi connectivity index (χ2n) is 4.11. The first-order valence-electron chi connectivity index (χ1n) is 6.05. The molecule has 0 saturated heterocycles. The lowest BCUT2D eigenvalue weighted by Crippen LogP contribution is -2.24. The summed E-state index contributed by atoms with van der Waals surface area (Å²) >= 11 is 5.66. The molecule has 0 saturated carbocycles. The fourth-order valence-corrected chi connectivity index (χ4v) is 1.89. The van der Waals surface area contributed by atoms with Crippen molar-refractivity contribution in [2.45, 2.75) is 26.2 Å². The standard InChI is InChI=1S/C13H15ClN2O2/c1-2-3-4-7-15-12(17)9-5-6-11-10(8-9)16-13(14)18-11/h5-6,8H,2-4,7H2,1H3,(H,15,17). The molecule has 0 aliphatic carbocycles.